The zero-order chi connectivity index (χ0) is 24.4. The first-order valence-corrected chi connectivity index (χ1v) is 15.5. The largest absolute Gasteiger partial charge is 0.356 e. The van der Waals surface area contributed by atoms with Gasteiger partial charge in [-0.25, -0.2) is 8.42 Å². The first-order valence-electron chi connectivity index (χ1n) is 13.6. The fourth-order valence-electron chi connectivity index (χ4n) is 7.11. The number of sulfone groups is 1. The van der Waals surface area contributed by atoms with Gasteiger partial charge in [0.05, 0.1) is 11.3 Å². The molecule has 4 aliphatic rings. The highest BCUT2D eigenvalue weighted by atomic mass is 32.2. The average Bonchev–Trinajstić information content (AvgIpc) is 2.83. The Hall–Kier alpha value is -1.70. The second-order valence-electron chi connectivity index (χ2n) is 11.2. The molecule has 7 heteroatoms. The van der Waals surface area contributed by atoms with Gasteiger partial charge in [0.2, 0.25) is 5.91 Å². The van der Waals surface area contributed by atoms with Gasteiger partial charge in [0.25, 0.3) is 0 Å². The fraction of sp³-hybridized carbons (Fsp3) is 0.679. The third kappa shape index (κ3) is 5.83. The van der Waals surface area contributed by atoms with Gasteiger partial charge >= 0.3 is 0 Å². The van der Waals surface area contributed by atoms with Crippen LogP contribution in [0.1, 0.15) is 56.9 Å². The molecule has 2 bridgehead atoms. The molecule has 3 saturated heterocycles. The van der Waals surface area contributed by atoms with E-state index in [2.05, 4.69) is 21.2 Å². The van der Waals surface area contributed by atoms with Crippen LogP contribution in [0.15, 0.2) is 40.8 Å². The molecule has 1 aromatic carbocycles. The summed E-state index contributed by atoms with van der Waals surface area (Å²) in [5, 5.41) is 3.04. The molecule has 3 heterocycles. The number of unbranched alkanes of at least 4 members (excludes halogenated alkanes) is 1. The minimum atomic E-state index is -3.21. The van der Waals surface area contributed by atoms with Gasteiger partial charge in [0.1, 0.15) is 0 Å². The van der Waals surface area contributed by atoms with Gasteiger partial charge in [0.15, 0.2) is 9.84 Å². The predicted molar refractivity (Wildman–Crippen MR) is 139 cm³/mol. The van der Waals surface area contributed by atoms with Crippen molar-refractivity contribution >= 4 is 15.7 Å². The summed E-state index contributed by atoms with van der Waals surface area (Å²) < 4.78 is 23.2. The molecule has 0 aromatic heterocycles. The van der Waals surface area contributed by atoms with Gasteiger partial charge in [-0.15, -0.1) is 0 Å². The van der Waals surface area contributed by atoms with Crippen molar-refractivity contribution in [2.45, 2.75) is 74.8 Å². The highest BCUT2D eigenvalue weighted by Crippen LogP contribution is 2.45. The van der Waals surface area contributed by atoms with Crippen LogP contribution in [0, 0.1) is 11.8 Å². The van der Waals surface area contributed by atoms with Crippen LogP contribution in [0.25, 0.3) is 0 Å². The number of hydrogen-bond acceptors (Lipinski definition) is 5. The average molecular weight is 500 g/mol. The molecule has 3 fully saturated rings. The second kappa shape index (κ2) is 10.7. The van der Waals surface area contributed by atoms with Gasteiger partial charge in [0, 0.05) is 31.4 Å². The summed E-state index contributed by atoms with van der Waals surface area (Å²) in [6.45, 7) is 5.62. The van der Waals surface area contributed by atoms with Crippen LogP contribution in [-0.2, 0) is 21.1 Å². The van der Waals surface area contributed by atoms with E-state index in [1.54, 1.807) is 29.8 Å². The van der Waals surface area contributed by atoms with Crippen LogP contribution in [0.4, 0.5) is 0 Å². The number of hydrogen-bond donors (Lipinski definition) is 1. The first kappa shape index (κ1) is 25.0. The van der Waals surface area contributed by atoms with E-state index in [0.29, 0.717) is 12.6 Å². The Morgan fingerprint density at radius 2 is 1.91 bits per heavy atom. The molecule has 0 saturated carbocycles. The quantitative estimate of drug-likeness (QED) is 0.438. The van der Waals surface area contributed by atoms with E-state index in [-0.39, 0.29) is 17.2 Å². The fourth-order valence-corrected chi connectivity index (χ4v) is 7.74. The maximum absolute atomic E-state index is 12.3. The molecule has 1 aliphatic carbocycles. The summed E-state index contributed by atoms with van der Waals surface area (Å²) >= 11 is 0. The Morgan fingerprint density at radius 3 is 2.71 bits per heavy atom. The third-order valence-corrected chi connectivity index (χ3v) is 9.80. The molecular formula is C28H41N3O3S. The molecule has 0 spiro atoms. The Morgan fingerprint density at radius 1 is 1.09 bits per heavy atom. The first-order chi connectivity index (χ1) is 16.9. The van der Waals surface area contributed by atoms with Gasteiger partial charge < -0.3 is 5.32 Å². The van der Waals surface area contributed by atoms with Crippen LogP contribution in [0.5, 0.6) is 0 Å². The molecule has 4 atom stereocenters. The van der Waals surface area contributed by atoms with Crippen molar-refractivity contribution < 1.29 is 13.2 Å². The lowest BCUT2D eigenvalue weighted by molar-refractivity contribution is -0.120. The highest BCUT2D eigenvalue weighted by molar-refractivity contribution is 7.90. The van der Waals surface area contributed by atoms with E-state index >= 15 is 0 Å². The number of carbonyl (C=O) groups is 1. The molecule has 1 N–H and O–H groups in total. The van der Waals surface area contributed by atoms with Gasteiger partial charge in [-0.05, 0) is 94.1 Å². The zero-order valence-corrected chi connectivity index (χ0v) is 21.9. The number of rotatable bonds is 8. The number of piperidine rings is 3. The summed E-state index contributed by atoms with van der Waals surface area (Å²) in [4.78, 5) is 18.2. The van der Waals surface area contributed by atoms with E-state index in [1.807, 2.05) is 0 Å². The van der Waals surface area contributed by atoms with Crippen LogP contribution in [-0.4, -0.2) is 75.2 Å². The van der Waals surface area contributed by atoms with Crippen LogP contribution in [0.3, 0.4) is 0 Å². The number of nitrogens with zero attached hydrogens (tertiary/aromatic N) is 2. The van der Waals surface area contributed by atoms with E-state index in [4.69, 9.17) is 0 Å². The van der Waals surface area contributed by atoms with E-state index in [9.17, 15) is 13.2 Å². The van der Waals surface area contributed by atoms with Crippen LogP contribution < -0.4 is 5.32 Å². The maximum Gasteiger partial charge on any atom is 0.224 e. The number of amides is 1. The molecular weight excluding hydrogens is 458 g/mol. The van der Waals surface area contributed by atoms with Crippen molar-refractivity contribution in [1.82, 2.24) is 15.1 Å². The van der Waals surface area contributed by atoms with Gasteiger partial charge in [-0.1, -0.05) is 30.2 Å². The smallest absolute Gasteiger partial charge is 0.224 e. The standard InChI is InChI=1S/C28H41N3O3S/c1-35(33,34)25-11-9-21(10-12-25)17-27(32)29-13-3-5-14-30-16-6-7-22-18-23-19-24(28(22)30)20-31-15-4-2-8-26(23)31/h9-12,18,23-24,26,28H,2-8,13-17,19-20H2,1H3,(H,29,32)/t23-,24+,26+,28+/m0/s1. The van der Waals surface area contributed by atoms with Crippen LogP contribution >= 0.6 is 0 Å². The Bertz CT molecular complexity index is 1040. The summed E-state index contributed by atoms with van der Waals surface area (Å²) in [7, 11) is -3.21. The maximum atomic E-state index is 12.3. The Kier molecular flexibility index (Phi) is 7.66. The lowest BCUT2D eigenvalue weighted by Crippen LogP contribution is -2.59. The number of nitrogens with one attached hydrogen (secondary N) is 1. The summed E-state index contributed by atoms with van der Waals surface area (Å²) in [6, 6.07) is 8.06. The molecule has 1 aromatic rings. The molecule has 0 radical (unpaired) electrons. The number of likely N-dealkylation sites (tertiary alicyclic amines) is 1. The van der Waals surface area contributed by atoms with E-state index in [1.165, 1.54) is 64.4 Å². The van der Waals surface area contributed by atoms with Gasteiger partial charge in [-0.3, -0.25) is 14.6 Å². The summed E-state index contributed by atoms with van der Waals surface area (Å²) in [5.41, 5.74) is 2.57. The highest BCUT2D eigenvalue weighted by Gasteiger charge is 2.45. The van der Waals surface area contributed by atoms with Crippen molar-refractivity contribution in [1.29, 1.82) is 0 Å². The topological polar surface area (TPSA) is 69.7 Å². The SMILES string of the molecule is CS(=O)(=O)c1ccc(CC(=O)NCCCCN2CCCC3=C[C@H]4C[C@H](CN5CCCC[C@H]45)[C@@H]32)cc1. The monoisotopic (exact) mass is 499 g/mol. The lowest BCUT2D eigenvalue weighted by Gasteiger charge is -2.55. The molecule has 5 rings (SSSR count). The van der Waals surface area contributed by atoms with Crippen LogP contribution in [0.2, 0.25) is 0 Å². The minimum absolute atomic E-state index is 0.00286. The normalized spacial score (nSPS) is 29.1. The van der Waals surface area contributed by atoms with Crippen molar-refractivity contribution in [2.24, 2.45) is 11.8 Å². The number of carbonyl (C=O) groups excluding carboxylic acids is 1. The molecule has 1 amide bonds. The van der Waals surface area contributed by atoms with Crippen molar-refractivity contribution in [3.63, 3.8) is 0 Å². The second-order valence-corrected chi connectivity index (χ2v) is 13.2. The number of fused-ring (bicyclic) bond motifs is 6. The third-order valence-electron chi connectivity index (χ3n) is 8.67. The Labute approximate surface area is 211 Å². The van der Waals surface area contributed by atoms with E-state index < -0.39 is 9.84 Å². The van der Waals surface area contributed by atoms with Gasteiger partial charge in [-0.2, -0.15) is 0 Å². The lowest BCUT2D eigenvalue weighted by atomic mass is 9.68. The number of benzene rings is 1. The minimum Gasteiger partial charge on any atom is -0.356 e. The van der Waals surface area contributed by atoms with Crippen molar-refractivity contribution in [2.75, 3.05) is 39.0 Å². The molecule has 3 aliphatic heterocycles. The Balaban J connectivity index is 1.07. The predicted octanol–water partition coefficient (Wildman–Crippen LogP) is 3.42. The summed E-state index contributed by atoms with van der Waals surface area (Å²) in [5.74, 6) is 1.58. The molecule has 6 nitrogen and oxygen atoms in total. The molecule has 192 valence electrons. The van der Waals surface area contributed by atoms with Crippen molar-refractivity contribution in [3.8, 4) is 0 Å². The molecule has 35 heavy (non-hydrogen) atoms. The summed E-state index contributed by atoms with van der Waals surface area (Å²) in [6.07, 6.45) is 14.4. The van der Waals surface area contributed by atoms with E-state index in [0.717, 1.165) is 42.8 Å². The zero-order valence-electron chi connectivity index (χ0n) is 21.1. The van der Waals surface area contributed by atoms with Crippen molar-refractivity contribution in [3.05, 3.63) is 41.5 Å². The molecule has 0 unspecified atom stereocenters.